The zero-order valence-electron chi connectivity index (χ0n) is 12.6. The van der Waals surface area contributed by atoms with E-state index in [0.717, 1.165) is 5.56 Å². The van der Waals surface area contributed by atoms with E-state index in [4.69, 9.17) is 4.74 Å². The van der Waals surface area contributed by atoms with Crippen LogP contribution in [0.4, 0.5) is 4.79 Å². The van der Waals surface area contributed by atoms with Crippen LogP contribution in [0.3, 0.4) is 0 Å². The summed E-state index contributed by atoms with van der Waals surface area (Å²) < 4.78 is 9.95. The van der Waals surface area contributed by atoms with Crippen molar-refractivity contribution in [1.29, 1.82) is 0 Å². The molecule has 2 unspecified atom stereocenters. The molecule has 1 N–H and O–H groups in total. The van der Waals surface area contributed by atoms with Crippen molar-refractivity contribution >= 4 is 12.1 Å². The summed E-state index contributed by atoms with van der Waals surface area (Å²) in [4.78, 5) is 25.2. The van der Waals surface area contributed by atoms with Crippen LogP contribution in [-0.2, 0) is 20.9 Å². The molecule has 120 valence electrons. The Morgan fingerprint density at radius 1 is 1.23 bits per heavy atom. The first-order valence-electron chi connectivity index (χ1n) is 7.33. The number of ether oxygens (including phenoxy) is 2. The molecule has 1 aromatic carbocycles. The van der Waals surface area contributed by atoms with Crippen LogP contribution in [0.15, 0.2) is 30.3 Å². The molecule has 0 aliphatic carbocycles. The van der Waals surface area contributed by atoms with Gasteiger partial charge in [0.25, 0.3) is 0 Å². The Kier molecular flexibility index (Phi) is 5.77. The Balaban J connectivity index is 1.87. The van der Waals surface area contributed by atoms with Crippen LogP contribution in [-0.4, -0.2) is 48.4 Å². The van der Waals surface area contributed by atoms with Crippen molar-refractivity contribution < 1.29 is 24.2 Å². The van der Waals surface area contributed by atoms with Crippen LogP contribution in [0.25, 0.3) is 0 Å². The zero-order chi connectivity index (χ0) is 15.9. The van der Waals surface area contributed by atoms with Crippen molar-refractivity contribution in [1.82, 2.24) is 4.90 Å². The molecule has 0 saturated carbocycles. The number of nitrogens with zero attached hydrogens (tertiary/aromatic N) is 1. The first-order valence-corrected chi connectivity index (χ1v) is 7.33. The van der Waals surface area contributed by atoms with E-state index in [9.17, 15) is 14.7 Å². The number of carbonyl (C=O) groups is 2. The third-order valence-electron chi connectivity index (χ3n) is 3.84. The Morgan fingerprint density at radius 2 is 1.91 bits per heavy atom. The highest BCUT2D eigenvalue weighted by molar-refractivity contribution is 5.73. The number of likely N-dealkylation sites (tertiary alicyclic amines) is 1. The molecule has 0 aromatic heterocycles. The molecular formula is C16H21NO5. The SMILES string of the molecule is COC(=O)C1CCN(C(=O)OCc2ccccc2)CCC1O. The minimum atomic E-state index is -0.792. The molecule has 0 radical (unpaired) electrons. The van der Waals surface area contributed by atoms with Gasteiger partial charge in [-0.05, 0) is 18.4 Å². The number of hydrogen-bond acceptors (Lipinski definition) is 5. The number of esters is 1. The summed E-state index contributed by atoms with van der Waals surface area (Å²) in [7, 11) is 1.30. The van der Waals surface area contributed by atoms with Gasteiger partial charge in [-0.15, -0.1) is 0 Å². The average molecular weight is 307 g/mol. The summed E-state index contributed by atoms with van der Waals surface area (Å²) >= 11 is 0. The molecule has 1 aliphatic rings. The molecule has 1 amide bonds. The highest BCUT2D eigenvalue weighted by atomic mass is 16.6. The second-order valence-corrected chi connectivity index (χ2v) is 5.30. The second kappa shape index (κ2) is 7.79. The number of aliphatic hydroxyl groups excluding tert-OH is 1. The van der Waals surface area contributed by atoms with E-state index >= 15 is 0 Å². The van der Waals surface area contributed by atoms with E-state index in [1.54, 1.807) is 0 Å². The van der Waals surface area contributed by atoms with Gasteiger partial charge >= 0.3 is 12.1 Å². The molecule has 1 aliphatic heterocycles. The Hall–Kier alpha value is -2.08. The van der Waals surface area contributed by atoms with E-state index in [1.807, 2.05) is 30.3 Å². The number of benzene rings is 1. The van der Waals surface area contributed by atoms with Gasteiger partial charge in [-0.25, -0.2) is 4.79 Å². The van der Waals surface area contributed by atoms with Crippen LogP contribution < -0.4 is 0 Å². The summed E-state index contributed by atoms with van der Waals surface area (Å²) in [5.74, 6) is -1.02. The van der Waals surface area contributed by atoms with Gasteiger partial charge in [0.15, 0.2) is 0 Å². The lowest BCUT2D eigenvalue weighted by Gasteiger charge is -2.19. The first-order chi connectivity index (χ1) is 10.6. The molecule has 1 fully saturated rings. The van der Waals surface area contributed by atoms with Crippen molar-refractivity contribution in [3.05, 3.63) is 35.9 Å². The largest absolute Gasteiger partial charge is 0.469 e. The van der Waals surface area contributed by atoms with Gasteiger partial charge < -0.3 is 19.5 Å². The summed E-state index contributed by atoms with van der Waals surface area (Å²) in [5, 5.41) is 9.98. The predicted molar refractivity (Wildman–Crippen MR) is 78.9 cm³/mol. The number of amides is 1. The van der Waals surface area contributed by atoms with Crippen molar-refractivity contribution in [2.75, 3.05) is 20.2 Å². The van der Waals surface area contributed by atoms with Crippen molar-refractivity contribution in [3.63, 3.8) is 0 Å². The van der Waals surface area contributed by atoms with E-state index in [0.29, 0.717) is 25.9 Å². The highest BCUT2D eigenvalue weighted by Crippen LogP contribution is 2.20. The standard InChI is InChI=1S/C16H21NO5/c1-21-15(19)13-7-9-17(10-8-14(13)18)16(20)22-11-12-5-3-2-4-6-12/h2-6,13-14,18H,7-11H2,1H3. The average Bonchev–Trinajstić information content (AvgIpc) is 2.75. The van der Waals surface area contributed by atoms with Gasteiger partial charge in [0.2, 0.25) is 0 Å². The maximum atomic E-state index is 12.1. The molecule has 1 saturated heterocycles. The van der Waals surface area contributed by atoms with Crippen LogP contribution >= 0.6 is 0 Å². The highest BCUT2D eigenvalue weighted by Gasteiger charge is 2.32. The van der Waals surface area contributed by atoms with Gasteiger partial charge in [-0.1, -0.05) is 30.3 Å². The van der Waals surface area contributed by atoms with E-state index < -0.39 is 24.1 Å². The minimum Gasteiger partial charge on any atom is -0.469 e. The van der Waals surface area contributed by atoms with E-state index in [1.165, 1.54) is 12.0 Å². The van der Waals surface area contributed by atoms with Crippen LogP contribution in [0.5, 0.6) is 0 Å². The Bertz CT molecular complexity index is 505. The number of methoxy groups -OCH3 is 1. The number of hydrogen-bond donors (Lipinski definition) is 1. The van der Waals surface area contributed by atoms with Gasteiger partial charge in [0.1, 0.15) is 6.61 Å². The molecule has 1 heterocycles. The summed E-state index contributed by atoms with van der Waals surface area (Å²) in [5.41, 5.74) is 0.915. The molecule has 2 rings (SSSR count). The predicted octanol–water partition coefficient (Wildman–Crippen LogP) is 1.57. The molecule has 0 spiro atoms. The van der Waals surface area contributed by atoms with Crippen LogP contribution in [0.1, 0.15) is 18.4 Å². The second-order valence-electron chi connectivity index (χ2n) is 5.30. The molecule has 6 nitrogen and oxygen atoms in total. The fourth-order valence-electron chi connectivity index (χ4n) is 2.51. The first kappa shape index (κ1) is 16.3. The van der Waals surface area contributed by atoms with E-state index in [-0.39, 0.29) is 6.61 Å². The lowest BCUT2D eigenvalue weighted by Crippen LogP contribution is -2.32. The maximum Gasteiger partial charge on any atom is 0.410 e. The lowest BCUT2D eigenvalue weighted by atomic mass is 9.98. The molecular weight excluding hydrogens is 286 g/mol. The Morgan fingerprint density at radius 3 is 2.59 bits per heavy atom. The van der Waals surface area contributed by atoms with E-state index in [2.05, 4.69) is 4.74 Å². The van der Waals surface area contributed by atoms with Gasteiger partial charge in [0.05, 0.1) is 19.1 Å². The van der Waals surface area contributed by atoms with Crippen molar-refractivity contribution in [3.8, 4) is 0 Å². The summed E-state index contributed by atoms with van der Waals surface area (Å²) in [6, 6.07) is 9.42. The van der Waals surface area contributed by atoms with Crippen LogP contribution in [0, 0.1) is 5.92 Å². The molecule has 2 atom stereocenters. The quantitative estimate of drug-likeness (QED) is 0.858. The fourth-order valence-corrected chi connectivity index (χ4v) is 2.51. The van der Waals surface area contributed by atoms with Gasteiger partial charge in [-0.2, -0.15) is 0 Å². The smallest absolute Gasteiger partial charge is 0.410 e. The zero-order valence-corrected chi connectivity index (χ0v) is 12.6. The molecule has 22 heavy (non-hydrogen) atoms. The number of rotatable bonds is 3. The maximum absolute atomic E-state index is 12.1. The number of aliphatic hydroxyl groups is 1. The number of carbonyl (C=O) groups excluding carboxylic acids is 2. The summed E-state index contributed by atoms with van der Waals surface area (Å²) in [6.07, 6.45) is -0.518. The third kappa shape index (κ3) is 4.21. The minimum absolute atomic E-state index is 0.207. The topological polar surface area (TPSA) is 76.1 Å². The normalized spacial score (nSPS) is 21.8. The van der Waals surface area contributed by atoms with Crippen LogP contribution in [0.2, 0.25) is 0 Å². The fraction of sp³-hybridized carbons (Fsp3) is 0.500. The lowest BCUT2D eigenvalue weighted by molar-refractivity contribution is -0.149. The molecule has 0 bridgehead atoms. The monoisotopic (exact) mass is 307 g/mol. The molecule has 1 aromatic rings. The molecule has 6 heteroatoms. The summed E-state index contributed by atoms with van der Waals surface area (Å²) in [6.45, 7) is 0.936. The third-order valence-corrected chi connectivity index (χ3v) is 3.84. The van der Waals surface area contributed by atoms with Gasteiger partial charge in [0, 0.05) is 13.1 Å². The van der Waals surface area contributed by atoms with Gasteiger partial charge in [-0.3, -0.25) is 4.79 Å². The Labute approximate surface area is 129 Å². The van der Waals surface area contributed by atoms with Crippen molar-refractivity contribution in [2.24, 2.45) is 5.92 Å². The van der Waals surface area contributed by atoms with Crippen molar-refractivity contribution in [2.45, 2.75) is 25.6 Å².